The van der Waals surface area contributed by atoms with Gasteiger partial charge in [0.1, 0.15) is 0 Å². The minimum atomic E-state index is -3.48. The molecule has 0 aliphatic carbocycles. The van der Waals surface area contributed by atoms with Gasteiger partial charge in [0, 0.05) is 17.1 Å². The topological polar surface area (TPSA) is 109 Å². The van der Waals surface area contributed by atoms with E-state index < -0.39 is 16.0 Å². The van der Waals surface area contributed by atoms with Crippen molar-refractivity contribution in [2.75, 3.05) is 23.9 Å². The van der Waals surface area contributed by atoms with Crippen molar-refractivity contribution < 1.29 is 18.3 Å². The van der Waals surface area contributed by atoms with Crippen molar-refractivity contribution in [2.45, 2.75) is 11.3 Å². The van der Waals surface area contributed by atoms with E-state index in [4.69, 9.17) is 5.14 Å². The molecule has 0 aromatic heterocycles. The molecule has 19 heavy (non-hydrogen) atoms. The van der Waals surface area contributed by atoms with E-state index in [1.54, 1.807) is 24.5 Å². The lowest BCUT2D eigenvalue weighted by Crippen LogP contribution is -2.19. The first-order valence-electron chi connectivity index (χ1n) is 5.50. The number of hydrogen-bond donors (Lipinski definition) is 3. The zero-order valence-electron chi connectivity index (χ0n) is 10.4. The Morgan fingerprint density at radius 2 is 2.16 bits per heavy atom. The minimum Gasteiger partial charge on any atom is -0.478 e. The van der Waals surface area contributed by atoms with Crippen LogP contribution in [0.4, 0.5) is 5.69 Å². The Hall–Kier alpha value is -1.25. The van der Waals surface area contributed by atoms with Gasteiger partial charge in [-0.3, -0.25) is 0 Å². The molecule has 0 fully saturated rings. The van der Waals surface area contributed by atoms with Gasteiger partial charge >= 0.3 is 5.97 Å². The van der Waals surface area contributed by atoms with E-state index in [2.05, 4.69) is 5.32 Å². The predicted octanol–water partition coefficient (Wildman–Crippen LogP) is 1.20. The summed E-state index contributed by atoms with van der Waals surface area (Å²) in [7, 11) is -3.48. The first kappa shape index (κ1) is 15.8. The summed E-state index contributed by atoms with van der Waals surface area (Å²) >= 11 is 1.34. The molecule has 6 nitrogen and oxygen atoms in total. The van der Waals surface area contributed by atoms with Gasteiger partial charge in [-0.15, -0.1) is 11.8 Å². The fraction of sp³-hybridized carbons (Fsp3) is 0.364. The molecule has 1 rings (SSSR count). The highest BCUT2D eigenvalue weighted by atomic mass is 32.2. The van der Waals surface area contributed by atoms with Crippen molar-refractivity contribution in [1.82, 2.24) is 0 Å². The molecular weight excluding hydrogens is 288 g/mol. The second kappa shape index (κ2) is 6.78. The van der Waals surface area contributed by atoms with Crippen LogP contribution in [0.2, 0.25) is 0 Å². The second-order valence-corrected chi connectivity index (χ2v) is 6.42. The van der Waals surface area contributed by atoms with E-state index in [9.17, 15) is 18.3 Å². The van der Waals surface area contributed by atoms with E-state index in [0.717, 1.165) is 0 Å². The summed E-state index contributed by atoms with van der Waals surface area (Å²) < 4.78 is 21.5. The van der Waals surface area contributed by atoms with Crippen molar-refractivity contribution in [2.24, 2.45) is 5.14 Å². The maximum absolute atomic E-state index is 11.2. The van der Waals surface area contributed by atoms with Crippen molar-refractivity contribution in [3.63, 3.8) is 0 Å². The van der Waals surface area contributed by atoms with Gasteiger partial charge in [0.15, 0.2) is 0 Å². The first-order chi connectivity index (χ1) is 8.85. The Balaban J connectivity index is 2.76. The fourth-order valence-corrected chi connectivity index (χ4v) is 2.73. The number of aromatic carboxylic acids is 1. The molecule has 0 atom stereocenters. The van der Waals surface area contributed by atoms with Gasteiger partial charge in [-0.05, 0) is 24.8 Å². The smallest absolute Gasteiger partial charge is 0.338 e. The molecule has 0 radical (unpaired) electrons. The van der Waals surface area contributed by atoms with Gasteiger partial charge in [0.2, 0.25) is 10.0 Å². The SMILES string of the molecule is CSc1cccc(NCCCS(N)(=O)=O)c1C(=O)O. The van der Waals surface area contributed by atoms with Crippen LogP contribution in [0.5, 0.6) is 0 Å². The number of thioether (sulfide) groups is 1. The van der Waals surface area contributed by atoms with Crippen LogP contribution in [0, 0.1) is 0 Å². The first-order valence-corrected chi connectivity index (χ1v) is 8.44. The quantitative estimate of drug-likeness (QED) is 0.516. The lowest BCUT2D eigenvalue weighted by molar-refractivity contribution is 0.0694. The number of anilines is 1. The molecule has 4 N–H and O–H groups in total. The van der Waals surface area contributed by atoms with Crippen LogP contribution in [0.3, 0.4) is 0 Å². The van der Waals surface area contributed by atoms with Crippen LogP contribution < -0.4 is 10.5 Å². The summed E-state index contributed by atoms with van der Waals surface area (Å²) in [6.45, 7) is 0.342. The van der Waals surface area contributed by atoms with Gasteiger partial charge in [0.05, 0.1) is 11.3 Å². The lowest BCUT2D eigenvalue weighted by Gasteiger charge is -2.12. The summed E-state index contributed by atoms with van der Waals surface area (Å²) in [6.07, 6.45) is 2.12. The Bertz CT molecular complexity index is 558. The zero-order valence-corrected chi connectivity index (χ0v) is 12.1. The Morgan fingerprint density at radius 3 is 2.68 bits per heavy atom. The van der Waals surface area contributed by atoms with Crippen molar-refractivity contribution in [3.8, 4) is 0 Å². The molecule has 0 bridgehead atoms. The molecule has 0 unspecified atom stereocenters. The van der Waals surface area contributed by atoms with Gasteiger partial charge in [-0.2, -0.15) is 0 Å². The molecule has 1 aromatic carbocycles. The summed E-state index contributed by atoms with van der Waals surface area (Å²) in [5, 5.41) is 17.0. The van der Waals surface area contributed by atoms with Crippen molar-refractivity contribution in [1.29, 1.82) is 0 Å². The Kier molecular flexibility index (Phi) is 5.64. The predicted molar refractivity (Wildman–Crippen MR) is 76.3 cm³/mol. The van der Waals surface area contributed by atoms with Gasteiger partial charge in [0.25, 0.3) is 0 Å². The summed E-state index contributed by atoms with van der Waals surface area (Å²) in [5.74, 6) is -1.15. The van der Waals surface area contributed by atoms with Crippen LogP contribution >= 0.6 is 11.8 Å². The molecule has 0 saturated heterocycles. The number of nitrogens with two attached hydrogens (primary N) is 1. The molecule has 0 amide bonds. The fourth-order valence-electron chi connectivity index (χ4n) is 1.57. The molecule has 106 valence electrons. The average Bonchev–Trinajstić information content (AvgIpc) is 2.32. The van der Waals surface area contributed by atoms with Crippen LogP contribution in [0.1, 0.15) is 16.8 Å². The van der Waals surface area contributed by atoms with Crippen LogP contribution in [0.15, 0.2) is 23.1 Å². The molecule has 8 heteroatoms. The number of nitrogens with one attached hydrogen (secondary N) is 1. The number of carbonyl (C=O) groups is 1. The normalized spacial score (nSPS) is 11.3. The van der Waals surface area contributed by atoms with E-state index in [1.165, 1.54) is 11.8 Å². The van der Waals surface area contributed by atoms with Gasteiger partial charge < -0.3 is 10.4 Å². The monoisotopic (exact) mass is 304 g/mol. The molecule has 0 aliphatic rings. The number of carboxylic acids is 1. The molecule has 1 aromatic rings. The zero-order chi connectivity index (χ0) is 14.5. The number of primary sulfonamides is 1. The third-order valence-electron chi connectivity index (χ3n) is 2.38. The number of rotatable bonds is 7. The maximum atomic E-state index is 11.2. The van der Waals surface area contributed by atoms with E-state index in [0.29, 0.717) is 23.5 Å². The Labute approximate surface area is 116 Å². The summed E-state index contributed by atoms with van der Waals surface area (Å²) in [4.78, 5) is 11.9. The third kappa shape index (κ3) is 5.09. The van der Waals surface area contributed by atoms with Crippen LogP contribution in [0.25, 0.3) is 0 Å². The van der Waals surface area contributed by atoms with E-state index in [-0.39, 0.29) is 11.3 Å². The van der Waals surface area contributed by atoms with E-state index in [1.807, 2.05) is 0 Å². The highest BCUT2D eigenvalue weighted by Gasteiger charge is 2.14. The largest absolute Gasteiger partial charge is 0.478 e. The van der Waals surface area contributed by atoms with Crippen molar-refractivity contribution in [3.05, 3.63) is 23.8 Å². The summed E-state index contributed by atoms with van der Waals surface area (Å²) in [6, 6.07) is 5.13. The lowest BCUT2D eigenvalue weighted by atomic mass is 10.1. The van der Waals surface area contributed by atoms with Crippen LogP contribution in [-0.2, 0) is 10.0 Å². The van der Waals surface area contributed by atoms with Gasteiger partial charge in [-0.25, -0.2) is 18.4 Å². The standard InChI is InChI=1S/C11H16N2O4S2/c1-18-9-5-2-4-8(10(9)11(14)15)13-6-3-7-19(12,16)17/h2,4-5,13H,3,6-7H2,1H3,(H,14,15)(H2,12,16,17). The highest BCUT2D eigenvalue weighted by Crippen LogP contribution is 2.27. The second-order valence-electron chi connectivity index (χ2n) is 3.84. The van der Waals surface area contributed by atoms with E-state index >= 15 is 0 Å². The number of hydrogen-bond acceptors (Lipinski definition) is 5. The summed E-state index contributed by atoms with van der Waals surface area (Å²) in [5.41, 5.74) is 0.680. The van der Waals surface area contributed by atoms with Crippen molar-refractivity contribution >= 4 is 33.4 Å². The Morgan fingerprint density at radius 1 is 1.47 bits per heavy atom. The minimum absolute atomic E-state index is 0.134. The molecule has 0 heterocycles. The maximum Gasteiger partial charge on any atom is 0.338 e. The molecule has 0 spiro atoms. The average molecular weight is 304 g/mol. The third-order valence-corrected chi connectivity index (χ3v) is 4.02. The highest BCUT2D eigenvalue weighted by molar-refractivity contribution is 7.98. The number of sulfonamides is 1. The van der Waals surface area contributed by atoms with Crippen LogP contribution in [-0.4, -0.2) is 38.0 Å². The number of carboxylic acid groups (broad SMARTS) is 1. The number of benzene rings is 1. The molecule has 0 saturated carbocycles. The molecule has 0 aliphatic heterocycles. The van der Waals surface area contributed by atoms with Gasteiger partial charge in [-0.1, -0.05) is 6.07 Å². The molecular formula is C11H16N2O4S2.